The van der Waals surface area contributed by atoms with Crippen LogP contribution in [0.1, 0.15) is 59.4 Å². The Bertz CT molecular complexity index is 1520. The highest BCUT2D eigenvalue weighted by Gasteiger charge is 2.30. The van der Waals surface area contributed by atoms with Gasteiger partial charge in [-0.05, 0) is 45.2 Å². The van der Waals surface area contributed by atoms with Gasteiger partial charge in [0.15, 0.2) is 5.65 Å². The number of hydrogen-bond donors (Lipinski definition) is 2. The van der Waals surface area contributed by atoms with Crippen LogP contribution in [0.3, 0.4) is 0 Å². The molecule has 5 rings (SSSR count). The van der Waals surface area contributed by atoms with E-state index in [2.05, 4.69) is 9.62 Å². The summed E-state index contributed by atoms with van der Waals surface area (Å²) in [5.41, 5.74) is 10.1. The molecule has 3 aromatic rings. The van der Waals surface area contributed by atoms with E-state index in [0.29, 0.717) is 30.6 Å². The minimum absolute atomic E-state index is 0.0856. The fourth-order valence-electron chi connectivity index (χ4n) is 5.73. The number of hydrogen-bond acceptors (Lipinski definition) is 8. The van der Waals surface area contributed by atoms with Crippen molar-refractivity contribution in [1.82, 2.24) is 19.5 Å². The molecule has 210 valence electrons. The number of carbonyl (C=O) groups is 1. The molecule has 4 heterocycles. The quantitative estimate of drug-likeness (QED) is 0.495. The van der Waals surface area contributed by atoms with Crippen LogP contribution in [0.5, 0.6) is 0 Å². The number of sulfonamides is 1. The summed E-state index contributed by atoms with van der Waals surface area (Å²) in [6.45, 7) is 7.96. The second-order valence-corrected chi connectivity index (χ2v) is 12.6. The molecule has 1 aromatic carbocycles. The van der Waals surface area contributed by atoms with Crippen molar-refractivity contribution in [2.24, 2.45) is 5.73 Å². The van der Waals surface area contributed by atoms with Gasteiger partial charge >= 0.3 is 0 Å². The third kappa shape index (κ3) is 5.14. The molecule has 0 radical (unpaired) electrons. The molecule has 2 atom stereocenters. The average molecular weight is 555 g/mol. The molecule has 0 saturated carbocycles. The smallest absolute Gasteiger partial charge is 0.256 e. The molecule has 1 fully saturated rings. The van der Waals surface area contributed by atoms with Crippen LogP contribution in [0, 0.1) is 13.8 Å². The number of fused-ring (bicyclic) bond motifs is 2. The fourth-order valence-corrected chi connectivity index (χ4v) is 6.85. The predicted molar refractivity (Wildman–Crippen MR) is 154 cm³/mol. The van der Waals surface area contributed by atoms with Gasteiger partial charge in [-0.1, -0.05) is 18.6 Å². The predicted octanol–water partition coefficient (Wildman–Crippen LogP) is 2.69. The standard InChI is InChI=1S/C27H38N8O3S/c1-6-23-22-15-24-29-25(34-12-10-19(28)16-34)18(3)26(35(24)30-22)32(4)11-7-13-39(37,38)31-21-9-8-17(2)14-20(21)27(36)33(23)5/h8-9,14-15,19,23,31H,6-7,10-13,16,28H2,1-5H3. The van der Waals surface area contributed by atoms with E-state index in [4.69, 9.17) is 15.8 Å². The van der Waals surface area contributed by atoms with Crippen molar-refractivity contribution < 1.29 is 13.2 Å². The van der Waals surface area contributed by atoms with Gasteiger partial charge in [-0.2, -0.15) is 9.61 Å². The Balaban J connectivity index is 1.68. The first-order chi connectivity index (χ1) is 18.5. The highest BCUT2D eigenvalue weighted by Crippen LogP contribution is 2.34. The monoisotopic (exact) mass is 554 g/mol. The van der Waals surface area contributed by atoms with Gasteiger partial charge in [-0.15, -0.1) is 0 Å². The lowest BCUT2D eigenvalue weighted by atomic mass is 10.1. The highest BCUT2D eigenvalue weighted by molar-refractivity contribution is 7.92. The maximum atomic E-state index is 13.8. The van der Waals surface area contributed by atoms with Crippen LogP contribution in [0.2, 0.25) is 0 Å². The lowest BCUT2D eigenvalue weighted by Gasteiger charge is -2.27. The van der Waals surface area contributed by atoms with E-state index in [9.17, 15) is 13.2 Å². The van der Waals surface area contributed by atoms with Crippen LogP contribution in [0.4, 0.5) is 17.3 Å². The number of rotatable bonds is 2. The summed E-state index contributed by atoms with van der Waals surface area (Å²) in [5.74, 6) is 1.35. The van der Waals surface area contributed by atoms with Crippen molar-refractivity contribution in [2.45, 2.75) is 52.1 Å². The third-order valence-corrected chi connectivity index (χ3v) is 9.14. The summed E-state index contributed by atoms with van der Waals surface area (Å²) < 4.78 is 30.7. The van der Waals surface area contributed by atoms with Crippen molar-refractivity contribution in [3.63, 3.8) is 0 Å². The molecule has 3 N–H and O–H groups in total. The zero-order valence-electron chi connectivity index (χ0n) is 23.3. The molecule has 2 aliphatic heterocycles. The van der Waals surface area contributed by atoms with E-state index in [1.807, 2.05) is 43.3 Å². The largest absolute Gasteiger partial charge is 0.359 e. The number of amides is 1. The molecule has 0 spiro atoms. The molecule has 2 aliphatic rings. The van der Waals surface area contributed by atoms with Crippen LogP contribution in [0.25, 0.3) is 5.65 Å². The Morgan fingerprint density at radius 3 is 2.62 bits per heavy atom. The molecule has 2 unspecified atom stereocenters. The SMILES string of the molecule is CCC1c2cc3nc(N4CCC(N)C4)c(C)c(n3n2)N(C)CCCS(=O)(=O)Nc2ccc(C)cc2C(=O)N1C. The number of benzene rings is 1. The number of anilines is 3. The van der Waals surface area contributed by atoms with Crippen LogP contribution in [0.15, 0.2) is 24.3 Å². The number of carbonyl (C=O) groups excluding carboxylic acids is 1. The van der Waals surface area contributed by atoms with Gasteiger partial charge in [-0.3, -0.25) is 9.52 Å². The minimum atomic E-state index is -3.69. The Morgan fingerprint density at radius 1 is 1.15 bits per heavy atom. The number of nitrogens with one attached hydrogen (secondary N) is 1. The molecule has 2 aromatic heterocycles. The normalized spacial score (nSPS) is 22.1. The molecule has 12 heteroatoms. The maximum absolute atomic E-state index is 13.8. The van der Waals surface area contributed by atoms with Crippen LogP contribution < -0.4 is 20.3 Å². The van der Waals surface area contributed by atoms with E-state index >= 15 is 0 Å². The summed E-state index contributed by atoms with van der Waals surface area (Å²) >= 11 is 0. The summed E-state index contributed by atoms with van der Waals surface area (Å²) in [6, 6.07) is 6.92. The van der Waals surface area contributed by atoms with Crippen molar-refractivity contribution in [1.29, 1.82) is 0 Å². The molecular formula is C27H38N8O3S. The summed E-state index contributed by atoms with van der Waals surface area (Å²) in [7, 11) is 0.000498. The van der Waals surface area contributed by atoms with Crippen molar-refractivity contribution in [2.75, 3.05) is 54.0 Å². The number of aromatic nitrogens is 3. The number of nitrogens with two attached hydrogens (primary N) is 1. The zero-order valence-corrected chi connectivity index (χ0v) is 24.1. The Hall–Kier alpha value is -3.38. The lowest BCUT2D eigenvalue weighted by Crippen LogP contribution is -2.32. The molecule has 2 bridgehead atoms. The first-order valence-electron chi connectivity index (χ1n) is 13.5. The zero-order chi connectivity index (χ0) is 28.1. The second kappa shape index (κ2) is 10.3. The summed E-state index contributed by atoms with van der Waals surface area (Å²) in [6.07, 6.45) is 1.91. The van der Waals surface area contributed by atoms with Crippen molar-refractivity contribution >= 4 is 38.9 Å². The molecule has 0 aliphatic carbocycles. The van der Waals surface area contributed by atoms with Gasteiger partial charge in [0.1, 0.15) is 11.6 Å². The van der Waals surface area contributed by atoms with E-state index in [-0.39, 0.29) is 29.4 Å². The third-order valence-electron chi connectivity index (χ3n) is 7.78. The van der Waals surface area contributed by atoms with Crippen molar-refractivity contribution in [3.05, 3.63) is 46.6 Å². The Labute approximate surface area is 230 Å². The van der Waals surface area contributed by atoms with E-state index in [1.54, 1.807) is 30.1 Å². The summed E-state index contributed by atoms with van der Waals surface area (Å²) in [5, 5.41) is 4.98. The number of aryl methyl sites for hydroxylation is 1. The average Bonchev–Trinajstić information content (AvgIpc) is 3.49. The molecular weight excluding hydrogens is 516 g/mol. The Morgan fingerprint density at radius 2 is 1.92 bits per heavy atom. The number of nitrogens with zero attached hydrogens (tertiary/aromatic N) is 6. The van der Waals surface area contributed by atoms with Crippen LogP contribution in [-0.2, 0) is 10.0 Å². The van der Waals surface area contributed by atoms with Gasteiger partial charge in [0.25, 0.3) is 5.91 Å². The minimum Gasteiger partial charge on any atom is -0.359 e. The topological polar surface area (TPSA) is 129 Å². The lowest BCUT2D eigenvalue weighted by molar-refractivity contribution is 0.0723. The van der Waals surface area contributed by atoms with Crippen LogP contribution in [-0.4, -0.2) is 79.3 Å². The first-order valence-corrected chi connectivity index (χ1v) is 15.1. The highest BCUT2D eigenvalue weighted by atomic mass is 32.2. The van der Waals surface area contributed by atoms with E-state index < -0.39 is 10.0 Å². The maximum Gasteiger partial charge on any atom is 0.256 e. The molecule has 11 nitrogen and oxygen atoms in total. The van der Waals surface area contributed by atoms with Gasteiger partial charge in [0, 0.05) is 51.4 Å². The van der Waals surface area contributed by atoms with Crippen molar-refractivity contribution in [3.8, 4) is 0 Å². The second-order valence-electron chi connectivity index (χ2n) is 10.8. The fraction of sp³-hybridized carbons (Fsp3) is 0.519. The Kier molecular flexibility index (Phi) is 7.19. The first kappa shape index (κ1) is 27.2. The van der Waals surface area contributed by atoms with Crippen LogP contribution >= 0.6 is 0 Å². The molecule has 1 saturated heterocycles. The molecule has 39 heavy (non-hydrogen) atoms. The van der Waals surface area contributed by atoms with E-state index in [1.165, 1.54) is 0 Å². The van der Waals surface area contributed by atoms with Gasteiger partial charge < -0.3 is 20.4 Å². The molecule has 1 amide bonds. The van der Waals surface area contributed by atoms with Gasteiger partial charge in [0.2, 0.25) is 10.0 Å². The van der Waals surface area contributed by atoms with Gasteiger partial charge in [-0.25, -0.2) is 13.4 Å². The van der Waals surface area contributed by atoms with Gasteiger partial charge in [0.05, 0.1) is 28.7 Å². The van der Waals surface area contributed by atoms with E-state index in [0.717, 1.165) is 48.0 Å². The summed E-state index contributed by atoms with van der Waals surface area (Å²) in [4.78, 5) is 24.7.